The normalized spacial score (nSPS) is 11.6. The molecule has 1 aromatic carbocycles. The van der Waals surface area contributed by atoms with Crippen molar-refractivity contribution in [2.45, 2.75) is 11.1 Å². The summed E-state index contributed by atoms with van der Waals surface area (Å²) in [6.07, 6.45) is 0. The van der Waals surface area contributed by atoms with Gasteiger partial charge >= 0.3 is 0 Å². The predicted octanol–water partition coefficient (Wildman–Crippen LogP) is 2.14. The molecular weight excluding hydrogens is 263 g/mol. The van der Waals surface area contributed by atoms with Crippen molar-refractivity contribution in [2.24, 2.45) is 0 Å². The van der Waals surface area contributed by atoms with Gasteiger partial charge < -0.3 is 0 Å². The Hall–Kier alpha value is -1.34. The molecule has 90 valence electrons. The minimum absolute atomic E-state index is 0.0286. The van der Waals surface area contributed by atoms with Crippen molar-refractivity contribution in [3.8, 4) is 11.3 Å². The number of hydrogen-bond acceptors (Lipinski definition) is 5. The largest absolute Gasteiger partial charge is 0.223 e. The number of nitrogens with zero attached hydrogens (tertiary/aromatic N) is 2. The molecule has 2 rings (SSSR count). The molecule has 4 nitrogen and oxygen atoms in total. The minimum atomic E-state index is -3.38. The maximum Gasteiger partial charge on any atom is 0.191 e. The maximum absolute atomic E-state index is 13.1. The Morgan fingerprint density at radius 1 is 1.41 bits per heavy atom. The van der Waals surface area contributed by atoms with Crippen LogP contribution in [0.3, 0.4) is 0 Å². The predicted molar refractivity (Wildman–Crippen MR) is 63.0 cm³/mol. The van der Waals surface area contributed by atoms with Crippen LogP contribution < -0.4 is 0 Å². The molecule has 0 amide bonds. The van der Waals surface area contributed by atoms with E-state index in [0.717, 1.165) is 11.5 Å². The summed E-state index contributed by atoms with van der Waals surface area (Å²) in [6.45, 7) is 1.55. The van der Waals surface area contributed by atoms with Crippen LogP contribution in [-0.2, 0) is 9.84 Å². The van der Waals surface area contributed by atoms with E-state index in [-0.39, 0.29) is 15.7 Å². The summed E-state index contributed by atoms with van der Waals surface area (Å²) < 4.78 is 40.4. The number of benzene rings is 1. The third kappa shape index (κ3) is 2.34. The van der Waals surface area contributed by atoms with Gasteiger partial charge in [0.25, 0.3) is 0 Å². The third-order valence-electron chi connectivity index (χ3n) is 2.22. The standard InChI is InChI=1S/C10H9FN2O2S2/c1-2-17(14,15)10-9(12-13-16-10)7-4-3-5-8(11)6-7/h3-6H,2H2,1H3. The Kier molecular flexibility index (Phi) is 3.21. The average Bonchev–Trinajstić information content (AvgIpc) is 2.78. The van der Waals surface area contributed by atoms with E-state index in [4.69, 9.17) is 0 Å². The highest BCUT2D eigenvalue weighted by Gasteiger charge is 2.22. The molecule has 0 spiro atoms. The zero-order valence-corrected chi connectivity index (χ0v) is 10.6. The zero-order valence-electron chi connectivity index (χ0n) is 8.92. The van der Waals surface area contributed by atoms with Gasteiger partial charge in [0.2, 0.25) is 0 Å². The van der Waals surface area contributed by atoms with Crippen LogP contribution in [0.4, 0.5) is 4.39 Å². The molecule has 0 unspecified atom stereocenters. The van der Waals surface area contributed by atoms with E-state index in [9.17, 15) is 12.8 Å². The van der Waals surface area contributed by atoms with E-state index < -0.39 is 15.7 Å². The molecule has 7 heteroatoms. The van der Waals surface area contributed by atoms with Crippen molar-refractivity contribution < 1.29 is 12.8 Å². The highest BCUT2D eigenvalue weighted by Crippen LogP contribution is 2.28. The molecular formula is C10H9FN2O2S2. The Bertz CT molecular complexity index is 637. The number of hydrogen-bond donors (Lipinski definition) is 0. The fraction of sp³-hybridized carbons (Fsp3) is 0.200. The number of sulfone groups is 1. The molecule has 0 aliphatic rings. The smallest absolute Gasteiger partial charge is 0.191 e. The first-order valence-electron chi connectivity index (χ1n) is 4.85. The summed E-state index contributed by atoms with van der Waals surface area (Å²) in [5, 5.41) is 3.76. The molecule has 0 radical (unpaired) electrons. The SMILES string of the molecule is CCS(=O)(=O)c1snnc1-c1cccc(F)c1. The Morgan fingerprint density at radius 2 is 2.18 bits per heavy atom. The Balaban J connectivity index is 2.59. The van der Waals surface area contributed by atoms with Crippen molar-refractivity contribution in [3.05, 3.63) is 30.1 Å². The van der Waals surface area contributed by atoms with Crippen LogP contribution in [0.15, 0.2) is 28.5 Å². The molecule has 0 aliphatic carbocycles. The highest BCUT2D eigenvalue weighted by atomic mass is 32.2. The first-order chi connectivity index (χ1) is 8.04. The second kappa shape index (κ2) is 4.50. The van der Waals surface area contributed by atoms with Gasteiger partial charge in [-0.25, -0.2) is 12.8 Å². The van der Waals surface area contributed by atoms with Crippen molar-refractivity contribution in [2.75, 3.05) is 5.75 Å². The van der Waals surface area contributed by atoms with Gasteiger partial charge in [0.1, 0.15) is 11.5 Å². The first-order valence-corrected chi connectivity index (χ1v) is 7.28. The second-order valence-corrected chi connectivity index (χ2v) is 6.55. The lowest BCUT2D eigenvalue weighted by Crippen LogP contribution is -2.03. The summed E-state index contributed by atoms with van der Waals surface area (Å²) in [4.78, 5) is 0. The van der Waals surface area contributed by atoms with E-state index in [0.29, 0.717) is 5.56 Å². The second-order valence-electron chi connectivity index (χ2n) is 3.32. The highest BCUT2D eigenvalue weighted by molar-refractivity contribution is 7.93. The molecule has 0 saturated heterocycles. The van der Waals surface area contributed by atoms with Gasteiger partial charge in [0, 0.05) is 17.1 Å². The third-order valence-corrected chi connectivity index (χ3v) is 5.24. The van der Waals surface area contributed by atoms with E-state index in [1.807, 2.05) is 0 Å². The number of halogens is 1. The topological polar surface area (TPSA) is 59.9 Å². The van der Waals surface area contributed by atoms with Crippen LogP contribution in [0.2, 0.25) is 0 Å². The van der Waals surface area contributed by atoms with Crippen molar-refractivity contribution >= 4 is 21.4 Å². The monoisotopic (exact) mass is 272 g/mol. The van der Waals surface area contributed by atoms with Crippen LogP contribution in [0.1, 0.15) is 6.92 Å². The molecule has 1 aromatic heterocycles. The average molecular weight is 272 g/mol. The van der Waals surface area contributed by atoms with E-state index >= 15 is 0 Å². The van der Waals surface area contributed by atoms with Gasteiger partial charge in [-0.15, -0.1) is 5.10 Å². The van der Waals surface area contributed by atoms with Crippen LogP contribution in [0, 0.1) is 5.82 Å². The van der Waals surface area contributed by atoms with Gasteiger partial charge in [-0.2, -0.15) is 0 Å². The number of rotatable bonds is 3. The molecule has 0 bridgehead atoms. The molecule has 17 heavy (non-hydrogen) atoms. The summed E-state index contributed by atoms with van der Waals surface area (Å²) in [5.41, 5.74) is 0.641. The fourth-order valence-corrected chi connectivity index (χ4v) is 3.39. The minimum Gasteiger partial charge on any atom is -0.223 e. The molecule has 1 heterocycles. The molecule has 0 fully saturated rings. The molecule has 0 saturated carbocycles. The molecule has 2 aromatic rings. The van der Waals surface area contributed by atoms with Gasteiger partial charge in [0.15, 0.2) is 14.0 Å². The lowest BCUT2D eigenvalue weighted by molar-refractivity contribution is 0.599. The van der Waals surface area contributed by atoms with Gasteiger partial charge in [-0.05, 0) is 12.1 Å². The molecule has 0 N–H and O–H groups in total. The summed E-state index contributed by atoms with van der Waals surface area (Å²) in [6, 6.07) is 5.64. The van der Waals surface area contributed by atoms with Gasteiger partial charge in [-0.3, -0.25) is 0 Å². The number of aromatic nitrogens is 2. The maximum atomic E-state index is 13.1. The van der Waals surface area contributed by atoms with Crippen molar-refractivity contribution in [1.29, 1.82) is 0 Å². The van der Waals surface area contributed by atoms with Crippen molar-refractivity contribution in [3.63, 3.8) is 0 Å². The first kappa shape index (κ1) is 12.1. The van der Waals surface area contributed by atoms with E-state index in [1.165, 1.54) is 18.2 Å². The zero-order chi connectivity index (χ0) is 12.5. The summed E-state index contributed by atoms with van der Waals surface area (Å²) in [7, 11) is -3.38. The lowest BCUT2D eigenvalue weighted by Gasteiger charge is -2.01. The van der Waals surface area contributed by atoms with Crippen molar-refractivity contribution in [1.82, 2.24) is 9.59 Å². The van der Waals surface area contributed by atoms with E-state index in [1.54, 1.807) is 13.0 Å². The van der Waals surface area contributed by atoms with Gasteiger partial charge in [-0.1, -0.05) is 23.5 Å². The molecule has 0 atom stereocenters. The fourth-order valence-electron chi connectivity index (χ4n) is 1.33. The molecule has 0 aliphatic heterocycles. The van der Waals surface area contributed by atoms with Gasteiger partial charge in [0.05, 0.1) is 5.75 Å². The van der Waals surface area contributed by atoms with Crippen LogP contribution in [0.25, 0.3) is 11.3 Å². The van der Waals surface area contributed by atoms with Crippen LogP contribution in [0.5, 0.6) is 0 Å². The lowest BCUT2D eigenvalue weighted by atomic mass is 10.2. The Labute approximate surface area is 102 Å². The Morgan fingerprint density at radius 3 is 2.82 bits per heavy atom. The van der Waals surface area contributed by atoms with Crippen LogP contribution in [-0.4, -0.2) is 23.8 Å². The van der Waals surface area contributed by atoms with E-state index in [2.05, 4.69) is 9.59 Å². The quantitative estimate of drug-likeness (QED) is 0.859. The summed E-state index contributed by atoms with van der Waals surface area (Å²) >= 11 is 0.810. The summed E-state index contributed by atoms with van der Waals surface area (Å²) in [5.74, 6) is -0.463. The van der Waals surface area contributed by atoms with Crippen LogP contribution >= 0.6 is 11.5 Å².